The van der Waals surface area contributed by atoms with Gasteiger partial charge < -0.3 is 24.8 Å². The molecule has 0 atom stereocenters. The number of nitrogens with one attached hydrogen (secondary N) is 2. The minimum absolute atomic E-state index is 0. The maximum absolute atomic E-state index is 5.52. The Morgan fingerprint density at radius 3 is 2.54 bits per heavy atom. The van der Waals surface area contributed by atoms with E-state index in [4.69, 9.17) is 20.6 Å². The first-order valence-corrected chi connectivity index (χ1v) is 8.26. The van der Waals surface area contributed by atoms with Crippen molar-refractivity contribution in [2.24, 2.45) is 4.99 Å². The van der Waals surface area contributed by atoms with Crippen LogP contribution in [-0.2, 0) is 11.3 Å². The molecule has 0 fully saturated rings. The molecule has 1 aromatic carbocycles. The van der Waals surface area contributed by atoms with E-state index in [2.05, 4.69) is 21.5 Å². The number of halogens is 1. The van der Waals surface area contributed by atoms with Gasteiger partial charge in [-0.1, -0.05) is 12.0 Å². The number of rotatable bonds is 9. The minimum atomic E-state index is -0.271. The van der Waals surface area contributed by atoms with Gasteiger partial charge in [-0.05, 0) is 38.5 Å². The number of guanidine groups is 1. The lowest BCUT2D eigenvalue weighted by atomic mass is 10.1. The maximum Gasteiger partial charge on any atom is 0.191 e. The molecule has 0 spiro atoms. The second-order valence-corrected chi connectivity index (χ2v) is 5.99. The highest BCUT2D eigenvalue weighted by Crippen LogP contribution is 2.28. The fraction of sp³-hybridized carbons (Fsp3) is 0.526. The summed E-state index contributed by atoms with van der Waals surface area (Å²) in [6.45, 7) is 8.17. The van der Waals surface area contributed by atoms with E-state index in [0.717, 1.165) is 18.1 Å². The summed E-state index contributed by atoms with van der Waals surface area (Å²) < 4.78 is 16.2. The van der Waals surface area contributed by atoms with E-state index in [-0.39, 0.29) is 36.2 Å². The van der Waals surface area contributed by atoms with Crippen molar-refractivity contribution in [3.05, 3.63) is 23.8 Å². The first-order valence-electron chi connectivity index (χ1n) is 8.26. The second kappa shape index (κ2) is 12.7. The van der Waals surface area contributed by atoms with Crippen LogP contribution < -0.4 is 20.1 Å². The van der Waals surface area contributed by atoms with Gasteiger partial charge in [0.15, 0.2) is 17.5 Å². The summed E-state index contributed by atoms with van der Waals surface area (Å²) in [6.07, 6.45) is 5.25. The maximum atomic E-state index is 5.52. The minimum Gasteiger partial charge on any atom is -0.493 e. The Hall–Kier alpha value is -1.66. The van der Waals surface area contributed by atoms with Crippen LogP contribution in [-0.4, -0.2) is 45.5 Å². The fourth-order valence-corrected chi connectivity index (χ4v) is 1.93. The molecule has 6 nitrogen and oxygen atoms in total. The largest absolute Gasteiger partial charge is 0.493 e. The Bertz CT molecular complexity index is 613. The van der Waals surface area contributed by atoms with Crippen molar-refractivity contribution in [2.45, 2.75) is 32.9 Å². The van der Waals surface area contributed by atoms with Gasteiger partial charge in [-0.15, -0.1) is 30.4 Å². The van der Waals surface area contributed by atoms with Crippen molar-refractivity contribution in [3.8, 4) is 23.8 Å². The van der Waals surface area contributed by atoms with Crippen LogP contribution in [0, 0.1) is 12.3 Å². The van der Waals surface area contributed by atoms with Gasteiger partial charge in [0.1, 0.15) is 6.61 Å². The van der Waals surface area contributed by atoms with E-state index in [0.29, 0.717) is 24.6 Å². The van der Waals surface area contributed by atoms with E-state index < -0.39 is 0 Å². The average molecular weight is 475 g/mol. The van der Waals surface area contributed by atoms with Gasteiger partial charge in [-0.3, -0.25) is 0 Å². The van der Waals surface area contributed by atoms with Gasteiger partial charge in [0.25, 0.3) is 0 Å². The molecular formula is C19H30IN3O3. The summed E-state index contributed by atoms with van der Waals surface area (Å²) in [5, 5.41) is 6.51. The Kier molecular flexibility index (Phi) is 11.8. The molecule has 0 unspecified atom stereocenters. The molecule has 0 radical (unpaired) electrons. The van der Waals surface area contributed by atoms with Crippen LogP contribution in [0.15, 0.2) is 23.2 Å². The number of nitrogens with zero attached hydrogens (tertiary/aromatic N) is 1. The Balaban J connectivity index is 0.00000625. The van der Waals surface area contributed by atoms with Crippen molar-refractivity contribution >= 4 is 29.9 Å². The highest BCUT2D eigenvalue weighted by atomic mass is 127. The molecule has 0 aliphatic carbocycles. The van der Waals surface area contributed by atoms with E-state index in [9.17, 15) is 0 Å². The van der Waals surface area contributed by atoms with Gasteiger partial charge in [0.05, 0.1) is 19.3 Å². The Morgan fingerprint density at radius 1 is 1.23 bits per heavy atom. The number of benzene rings is 1. The zero-order valence-corrected chi connectivity index (χ0v) is 18.5. The summed E-state index contributed by atoms with van der Waals surface area (Å²) in [6, 6.07) is 5.70. The molecule has 0 saturated heterocycles. The van der Waals surface area contributed by atoms with Crippen LogP contribution in [0.1, 0.15) is 26.3 Å². The van der Waals surface area contributed by atoms with Gasteiger partial charge in [0.2, 0.25) is 0 Å². The summed E-state index contributed by atoms with van der Waals surface area (Å²) in [5.74, 6) is 4.45. The molecule has 0 saturated carbocycles. The molecule has 0 heterocycles. The number of ether oxygens (including phenoxy) is 3. The van der Waals surface area contributed by atoms with Crippen molar-refractivity contribution in [3.63, 3.8) is 0 Å². The highest BCUT2D eigenvalue weighted by Gasteiger charge is 2.16. The lowest BCUT2D eigenvalue weighted by molar-refractivity contribution is 0.0268. The molecule has 0 amide bonds. The fourth-order valence-electron chi connectivity index (χ4n) is 1.93. The number of aliphatic imine (C=N–C) groups is 1. The molecule has 7 heteroatoms. The lowest BCUT2D eigenvalue weighted by Crippen LogP contribution is -2.45. The van der Waals surface area contributed by atoms with Crippen LogP contribution >= 0.6 is 24.0 Å². The molecular weight excluding hydrogens is 445 g/mol. The van der Waals surface area contributed by atoms with E-state index in [1.165, 1.54) is 0 Å². The number of terminal acetylenes is 1. The number of methoxy groups -OCH3 is 2. The molecule has 1 rings (SSSR count). The summed E-state index contributed by atoms with van der Waals surface area (Å²) >= 11 is 0. The zero-order valence-electron chi connectivity index (χ0n) is 16.2. The van der Waals surface area contributed by atoms with Crippen molar-refractivity contribution < 1.29 is 14.2 Å². The average Bonchev–Trinajstić information content (AvgIpc) is 2.62. The molecule has 2 N–H and O–H groups in total. The zero-order chi connectivity index (χ0) is 18.7. The van der Waals surface area contributed by atoms with E-state index in [1.54, 1.807) is 14.2 Å². The van der Waals surface area contributed by atoms with Gasteiger partial charge in [-0.2, -0.15) is 0 Å². The van der Waals surface area contributed by atoms with Gasteiger partial charge in [-0.25, -0.2) is 4.99 Å². The van der Waals surface area contributed by atoms with Crippen molar-refractivity contribution in [2.75, 3.05) is 33.9 Å². The second-order valence-electron chi connectivity index (χ2n) is 5.99. The van der Waals surface area contributed by atoms with Gasteiger partial charge >= 0.3 is 0 Å². The van der Waals surface area contributed by atoms with Crippen LogP contribution in [0.2, 0.25) is 0 Å². The van der Waals surface area contributed by atoms with E-state index in [1.807, 2.05) is 39.0 Å². The van der Waals surface area contributed by atoms with Crippen molar-refractivity contribution in [1.29, 1.82) is 0 Å². The smallest absolute Gasteiger partial charge is 0.191 e. The first-order chi connectivity index (χ1) is 12.0. The third kappa shape index (κ3) is 8.63. The number of hydrogen-bond acceptors (Lipinski definition) is 4. The molecule has 0 aromatic heterocycles. The predicted octanol–water partition coefficient (Wildman–Crippen LogP) is 2.81. The molecule has 1 aromatic rings. The first kappa shape index (κ1) is 24.3. The van der Waals surface area contributed by atoms with Crippen LogP contribution in [0.25, 0.3) is 0 Å². The monoisotopic (exact) mass is 475 g/mol. The topological polar surface area (TPSA) is 64.1 Å². The Labute approximate surface area is 174 Å². The third-order valence-electron chi connectivity index (χ3n) is 3.54. The summed E-state index contributed by atoms with van der Waals surface area (Å²) in [7, 11) is 3.29. The van der Waals surface area contributed by atoms with Crippen LogP contribution in [0.5, 0.6) is 11.5 Å². The molecule has 146 valence electrons. The van der Waals surface area contributed by atoms with Crippen LogP contribution in [0.3, 0.4) is 0 Å². The van der Waals surface area contributed by atoms with Crippen molar-refractivity contribution in [1.82, 2.24) is 10.6 Å². The quantitative estimate of drug-likeness (QED) is 0.249. The third-order valence-corrected chi connectivity index (χ3v) is 3.54. The van der Waals surface area contributed by atoms with Crippen LogP contribution in [0.4, 0.5) is 0 Å². The SMILES string of the molecule is C#CCOc1cc(CN=C(NCC)NCC(C)(C)OC)ccc1OC.I. The number of hydrogen-bond donors (Lipinski definition) is 2. The predicted molar refractivity (Wildman–Crippen MR) is 117 cm³/mol. The molecule has 0 aliphatic rings. The van der Waals surface area contributed by atoms with E-state index >= 15 is 0 Å². The summed E-state index contributed by atoms with van der Waals surface area (Å²) in [4.78, 5) is 4.60. The lowest BCUT2D eigenvalue weighted by Gasteiger charge is -2.24. The molecule has 0 bridgehead atoms. The molecule has 0 aliphatic heterocycles. The Morgan fingerprint density at radius 2 is 1.96 bits per heavy atom. The highest BCUT2D eigenvalue weighted by molar-refractivity contribution is 14.0. The standard InChI is InChI=1S/C19H29N3O3.HI/c1-7-11-25-17-12-15(9-10-16(17)23-5)13-21-18(20-8-2)22-14-19(3,4)24-6;/h1,9-10,12H,8,11,13-14H2,2-6H3,(H2,20,21,22);1H. The van der Waals surface area contributed by atoms with Gasteiger partial charge in [0, 0.05) is 20.2 Å². The molecule has 26 heavy (non-hydrogen) atoms. The summed E-state index contributed by atoms with van der Waals surface area (Å²) in [5.41, 5.74) is 0.725. The normalized spacial score (nSPS) is 11.2.